The first-order chi connectivity index (χ1) is 21.6. The van der Waals surface area contributed by atoms with E-state index >= 15 is 0 Å². The van der Waals surface area contributed by atoms with Crippen LogP contribution in [0, 0.1) is 35.5 Å². The molecular formula is C36H56N8. The molecule has 5 aliphatic carbocycles. The smallest absolute Gasteiger partial charge is 0.101 e. The van der Waals surface area contributed by atoms with Crippen LogP contribution in [0.5, 0.6) is 0 Å². The number of rotatable bonds is 4. The summed E-state index contributed by atoms with van der Waals surface area (Å²) in [5.41, 5.74) is 0. The largest absolute Gasteiger partial charge is 0.369 e. The topological polar surface area (TPSA) is 97.6 Å². The number of nitrogens with zero attached hydrogens (tertiary/aromatic N) is 4. The maximum Gasteiger partial charge on any atom is 0.101 e. The molecule has 0 aromatic heterocycles. The monoisotopic (exact) mass is 600 g/mol. The van der Waals surface area contributed by atoms with Crippen molar-refractivity contribution in [1.82, 2.24) is 21.3 Å². The van der Waals surface area contributed by atoms with Crippen LogP contribution in [0.2, 0.25) is 0 Å². The Bertz CT molecular complexity index is 1150. The molecular weight excluding hydrogens is 544 g/mol. The summed E-state index contributed by atoms with van der Waals surface area (Å²) in [7, 11) is 0. The van der Waals surface area contributed by atoms with Gasteiger partial charge in [0, 0.05) is 47.8 Å². The summed E-state index contributed by atoms with van der Waals surface area (Å²) in [6.45, 7) is 4.85. The van der Waals surface area contributed by atoms with Crippen molar-refractivity contribution in [3.8, 4) is 0 Å². The molecule has 0 saturated heterocycles. The minimum Gasteiger partial charge on any atom is -0.369 e. The van der Waals surface area contributed by atoms with Crippen LogP contribution in [0.25, 0.3) is 0 Å². The van der Waals surface area contributed by atoms with E-state index in [1.165, 1.54) is 113 Å². The van der Waals surface area contributed by atoms with Crippen molar-refractivity contribution in [2.45, 2.75) is 165 Å². The van der Waals surface area contributed by atoms with Crippen LogP contribution in [0.4, 0.5) is 0 Å². The van der Waals surface area contributed by atoms with E-state index in [0.717, 1.165) is 24.7 Å². The summed E-state index contributed by atoms with van der Waals surface area (Å²) >= 11 is 0. The Morgan fingerprint density at radius 1 is 0.386 bits per heavy atom. The fourth-order valence-electron chi connectivity index (χ4n) is 11.1. The molecule has 0 radical (unpaired) electrons. The average molecular weight is 601 g/mol. The van der Waals surface area contributed by atoms with Crippen molar-refractivity contribution >= 4 is 23.3 Å². The van der Waals surface area contributed by atoms with Gasteiger partial charge in [-0.25, -0.2) is 0 Å². The lowest BCUT2D eigenvalue weighted by Gasteiger charge is -2.42. The Hall–Kier alpha value is -2.12. The highest BCUT2D eigenvalue weighted by molar-refractivity contribution is 6.00. The van der Waals surface area contributed by atoms with Gasteiger partial charge in [-0.1, -0.05) is 39.5 Å². The second kappa shape index (κ2) is 11.3. The normalized spacial score (nSPS) is 49.4. The molecule has 14 unspecified atom stereocenters. The number of amidine groups is 4. The number of fused-ring (bicyclic) bond motifs is 4. The average Bonchev–Trinajstić information content (AvgIpc) is 3.83. The van der Waals surface area contributed by atoms with Gasteiger partial charge in [0.1, 0.15) is 23.3 Å². The van der Waals surface area contributed by atoms with E-state index in [2.05, 4.69) is 35.1 Å². The fourth-order valence-corrected chi connectivity index (χ4v) is 11.1. The van der Waals surface area contributed by atoms with Crippen LogP contribution in [0.1, 0.15) is 117 Å². The van der Waals surface area contributed by atoms with Crippen LogP contribution in [-0.4, -0.2) is 71.7 Å². The van der Waals surface area contributed by atoms with Crippen molar-refractivity contribution in [3.63, 3.8) is 0 Å². The summed E-state index contributed by atoms with van der Waals surface area (Å²) in [6.07, 6.45) is 20.1. The third-order valence-electron chi connectivity index (χ3n) is 13.6. The number of hydrogen-bond acceptors (Lipinski definition) is 8. The van der Waals surface area contributed by atoms with Gasteiger partial charge in [-0.05, 0) is 88.9 Å². The molecule has 0 amide bonds. The lowest BCUT2D eigenvalue weighted by atomic mass is 9.66. The predicted molar refractivity (Wildman–Crippen MR) is 179 cm³/mol. The van der Waals surface area contributed by atoms with Gasteiger partial charge in [0.2, 0.25) is 0 Å². The zero-order valence-corrected chi connectivity index (χ0v) is 27.2. The van der Waals surface area contributed by atoms with Crippen LogP contribution in [0.15, 0.2) is 20.0 Å². The van der Waals surface area contributed by atoms with Crippen molar-refractivity contribution in [2.24, 2.45) is 55.5 Å². The molecule has 8 heteroatoms. The van der Waals surface area contributed by atoms with E-state index in [1.54, 1.807) is 0 Å². The SMILES string of the molecule is CC1CCC2N=C(C3CC(C4=NC5CCC(C)CC5N4)C(C4=NC5CCCCC5N4)CC3C3=NC4CCCCC4N3)NC2C1. The summed E-state index contributed by atoms with van der Waals surface area (Å²) in [5.74, 6) is 8.20. The Kier molecular flexibility index (Phi) is 7.22. The minimum absolute atomic E-state index is 0.360. The molecule has 5 saturated carbocycles. The molecule has 4 aliphatic heterocycles. The number of nitrogens with one attached hydrogen (secondary N) is 4. The van der Waals surface area contributed by atoms with Gasteiger partial charge >= 0.3 is 0 Å². The second-order valence-corrected chi connectivity index (χ2v) is 16.6. The first-order valence-corrected chi connectivity index (χ1v) is 18.9. The Labute approximate surface area is 264 Å². The van der Waals surface area contributed by atoms with Crippen LogP contribution >= 0.6 is 0 Å². The Morgan fingerprint density at radius 2 is 0.727 bits per heavy atom. The van der Waals surface area contributed by atoms with Gasteiger partial charge in [-0.3, -0.25) is 20.0 Å². The molecule has 9 aliphatic rings. The molecule has 0 aromatic rings. The van der Waals surface area contributed by atoms with E-state index in [9.17, 15) is 0 Å². The lowest BCUT2D eigenvalue weighted by Crippen LogP contribution is -2.54. The molecule has 4 heterocycles. The highest BCUT2D eigenvalue weighted by atomic mass is 15.2. The summed E-state index contributed by atoms with van der Waals surface area (Å²) < 4.78 is 0. The first kappa shape index (κ1) is 28.1. The molecule has 240 valence electrons. The standard InChI is InChI=1S/C36H56N8/c1-19-11-13-29-31(15-19)43-35(41-29)23-18-24(36-42-30-14-12-20(2)16-32(30)44-36)22(34-39-27-9-5-6-10-28(27)40-34)17-21(23)33-37-25-7-3-4-8-26(25)38-33/h19-32H,3-18H2,1-2H3,(H,37,38)(H,39,40)(H,41,43)(H,42,44). The number of aliphatic imine (C=N–C) groups is 4. The van der Waals surface area contributed by atoms with E-state index in [0.29, 0.717) is 72.0 Å². The predicted octanol–water partition coefficient (Wildman–Crippen LogP) is 4.99. The van der Waals surface area contributed by atoms with Crippen molar-refractivity contribution in [3.05, 3.63) is 0 Å². The van der Waals surface area contributed by atoms with E-state index in [4.69, 9.17) is 20.0 Å². The first-order valence-electron chi connectivity index (χ1n) is 18.9. The third-order valence-corrected chi connectivity index (χ3v) is 13.6. The zero-order chi connectivity index (χ0) is 29.4. The second-order valence-electron chi connectivity index (χ2n) is 16.6. The maximum absolute atomic E-state index is 5.52. The molecule has 4 N–H and O–H groups in total. The van der Waals surface area contributed by atoms with Crippen LogP contribution in [-0.2, 0) is 0 Å². The highest BCUT2D eigenvalue weighted by Gasteiger charge is 2.52. The Morgan fingerprint density at radius 3 is 1.11 bits per heavy atom. The van der Waals surface area contributed by atoms with Gasteiger partial charge in [-0.15, -0.1) is 0 Å². The molecule has 14 atom stereocenters. The molecule has 44 heavy (non-hydrogen) atoms. The van der Waals surface area contributed by atoms with Crippen molar-refractivity contribution in [1.29, 1.82) is 0 Å². The summed E-state index contributed by atoms with van der Waals surface area (Å²) in [5, 5.41) is 16.2. The van der Waals surface area contributed by atoms with Crippen LogP contribution in [0.3, 0.4) is 0 Å². The van der Waals surface area contributed by atoms with Gasteiger partial charge in [0.05, 0.1) is 24.2 Å². The van der Waals surface area contributed by atoms with Crippen LogP contribution < -0.4 is 21.3 Å². The Balaban J connectivity index is 1.07. The molecule has 8 nitrogen and oxygen atoms in total. The van der Waals surface area contributed by atoms with E-state index in [1.807, 2.05) is 0 Å². The number of hydrogen-bond donors (Lipinski definition) is 4. The molecule has 5 fully saturated rings. The van der Waals surface area contributed by atoms with Gasteiger partial charge in [-0.2, -0.15) is 0 Å². The van der Waals surface area contributed by atoms with E-state index in [-0.39, 0.29) is 0 Å². The fraction of sp³-hybridized carbons (Fsp3) is 0.889. The highest BCUT2D eigenvalue weighted by Crippen LogP contribution is 2.46. The molecule has 0 spiro atoms. The zero-order valence-electron chi connectivity index (χ0n) is 27.2. The third kappa shape index (κ3) is 4.99. The molecule has 0 aromatic carbocycles. The van der Waals surface area contributed by atoms with Gasteiger partial charge in [0.15, 0.2) is 0 Å². The quantitative estimate of drug-likeness (QED) is 0.366. The molecule has 9 rings (SSSR count). The summed E-state index contributed by atoms with van der Waals surface area (Å²) in [6, 6.07) is 3.94. The lowest BCUT2D eigenvalue weighted by molar-refractivity contribution is 0.269. The van der Waals surface area contributed by atoms with Crippen molar-refractivity contribution in [2.75, 3.05) is 0 Å². The minimum atomic E-state index is 0.360. The molecule has 0 bridgehead atoms. The maximum atomic E-state index is 5.52. The van der Waals surface area contributed by atoms with Gasteiger partial charge in [0.25, 0.3) is 0 Å². The van der Waals surface area contributed by atoms with Crippen molar-refractivity contribution < 1.29 is 0 Å². The summed E-state index contributed by atoms with van der Waals surface area (Å²) in [4.78, 5) is 22.0. The van der Waals surface area contributed by atoms with E-state index < -0.39 is 0 Å². The van der Waals surface area contributed by atoms with Gasteiger partial charge < -0.3 is 21.3 Å².